The summed E-state index contributed by atoms with van der Waals surface area (Å²) in [7, 11) is 0. The zero-order chi connectivity index (χ0) is 20.8. The van der Waals surface area contributed by atoms with Crippen LogP contribution in [0.1, 0.15) is 31.7 Å². The SMILES string of the molecule is C=C.c1cnc2cc(N3CCOCC3)nc(OC3CCC(n4ccnc4)CC3)c2c1. The van der Waals surface area contributed by atoms with Crippen molar-refractivity contribution >= 4 is 16.7 Å². The van der Waals surface area contributed by atoms with E-state index >= 15 is 0 Å². The molecule has 0 atom stereocenters. The van der Waals surface area contributed by atoms with Gasteiger partial charge in [0, 0.05) is 43.8 Å². The lowest BCUT2D eigenvalue weighted by atomic mass is 9.93. The van der Waals surface area contributed by atoms with E-state index in [1.165, 1.54) is 0 Å². The topological polar surface area (TPSA) is 65.3 Å². The highest BCUT2D eigenvalue weighted by atomic mass is 16.5. The van der Waals surface area contributed by atoms with E-state index in [2.05, 4.69) is 44.9 Å². The molecular weight excluding hydrogens is 378 g/mol. The minimum Gasteiger partial charge on any atom is -0.474 e. The van der Waals surface area contributed by atoms with Gasteiger partial charge in [-0.15, -0.1) is 13.2 Å². The van der Waals surface area contributed by atoms with Crippen LogP contribution in [0, 0.1) is 0 Å². The van der Waals surface area contributed by atoms with Gasteiger partial charge in [-0.2, -0.15) is 4.98 Å². The molecule has 0 amide bonds. The fraction of sp³-hybridized carbons (Fsp3) is 0.435. The van der Waals surface area contributed by atoms with Crippen LogP contribution in [0.4, 0.5) is 5.82 Å². The Morgan fingerprint density at radius 3 is 2.60 bits per heavy atom. The number of rotatable bonds is 4. The molecule has 7 nitrogen and oxygen atoms in total. The first-order chi connectivity index (χ1) is 14.9. The number of aromatic nitrogens is 4. The molecule has 0 spiro atoms. The zero-order valence-electron chi connectivity index (χ0n) is 17.3. The lowest BCUT2D eigenvalue weighted by Gasteiger charge is -2.31. The van der Waals surface area contributed by atoms with Crippen molar-refractivity contribution in [2.75, 3.05) is 31.2 Å². The lowest BCUT2D eigenvalue weighted by molar-refractivity contribution is 0.121. The van der Waals surface area contributed by atoms with Crippen molar-refractivity contribution in [3.8, 4) is 5.88 Å². The summed E-state index contributed by atoms with van der Waals surface area (Å²) < 4.78 is 14.1. The third kappa shape index (κ3) is 4.46. The minimum atomic E-state index is 0.190. The smallest absolute Gasteiger partial charge is 0.225 e. The molecule has 3 aromatic heterocycles. The Morgan fingerprint density at radius 1 is 1.07 bits per heavy atom. The van der Waals surface area contributed by atoms with Gasteiger partial charge in [0.2, 0.25) is 5.88 Å². The highest BCUT2D eigenvalue weighted by Crippen LogP contribution is 2.33. The van der Waals surface area contributed by atoms with Crippen molar-refractivity contribution in [3.63, 3.8) is 0 Å². The quantitative estimate of drug-likeness (QED) is 0.609. The normalized spacial score (nSPS) is 21.7. The van der Waals surface area contributed by atoms with E-state index in [4.69, 9.17) is 14.5 Å². The predicted molar refractivity (Wildman–Crippen MR) is 118 cm³/mol. The molecular formula is C23H29N5O2. The van der Waals surface area contributed by atoms with Crippen LogP contribution < -0.4 is 9.64 Å². The Hall–Kier alpha value is -2.93. The van der Waals surface area contributed by atoms with Crippen molar-refractivity contribution < 1.29 is 9.47 Å². The second kappa shape index (κ2) is 9.71. The van der Waals surface area contributed by atoms with Crippen LogP contribution in [0.2, 0.25) is 0 Å². The Kier molecular flexibility index (Phi) is 6.59. The molecule has 0 radical (unpaired) electrons. The Morgan fingerprint density at radius 2 is 1.87 bits per heavy atom. The maximum atomic E-state index is 6.43. The highest BCUT2D eigenvalue weighted by molar-refractivity contribution is 5.85. The van der Waals surface area contributed by atoms with Crippen LogP contribution in [0.15, 0.2) is 56.3 Å². The molecule has 5 rings (SSSR count). The lowest BCUT2D eigenvalue weighted by Crippen LogP contribution is -2.36. The van der Waals surface area contributed by atoms with Gasteiger partial charge in [0.05, 0.1) is 30.4 Å². The van der Waals surface area contributed by atoms with Gasteiger partial charge in [0.15, 0.2) is 0 Å². The number of pyridine rings is 2. The van der Waals surface area contributed by atoms with E-state index in [0.717, 1.165) is 68.7 Å². The Bertz CT molecular complexity index is 932. The van der Waals surface area contributed by atoms with Crippen LogP contribution >= 0.6 is 0 Å². The standard InChI is InChI=1S/C21H25N5O2.C2H4/c1-2-18-19(23-7-1)14-20(25-10-12-27-13-11-25)24-21(18)28-17-5-3-16(4-6-17)26-9-8-22-15-26;1-2/h1-2,7-9,14-17H,3-6,10-13H2;1-2H2. The average Bonchev–Trinajstić information content (AvgIpc) is 3.36. The second-order valence-electron chi connectivity index (χ2n) is 7.51. The van der Waals surface area contributed by atoms with E-state index in [0.29, 0.717) is 11.9 Å². The number of morpholine rings is 1. The molecule has 158 valence electrons. The zero-order valence-corrected chi connectivity index (χ0v) is 17.3. The molecule has 0 bridgehead atoms. The van der Waals surface area contributed by atoms with Gasteiger partial charge >= 0.3 is 0 Å². The highest BCUT2D eigenvalue weighted by Gasteiger charge is 2.25. The molecule has 1 saturated heterocycles. The summed E-state index contributed by atoms with van der Waals surface area (Å²) in [5.41, 5.74) is 0.932. The van der Waals surface area contributed by atoms with Gasteiger partial charge < -0.3 is 18.9 Å². The van der Waals surface area contributed by atoms with Gasteiger partial charge in [-0.1, -0.05) is 0 Å². The molecule has 7 heteroatoms. The van der Waals surface area contributed by atoms with E-state index in [1.54, 1.807) is 0 Å². The first kappa shape index (κ1) is 20.3. The number of nitrogens with zero attached hydrogens (tertiary/aromatic N) is 5. The van der Waals surface area contributed by atoms with Crippen molar-refractivity contribution in [1.29, 1.82) is 0 Å². The molecule has 1 aliphatic heterocycles. The Balaban J connectivity index is 0.00000106. The maximum absolute atomic E-state index is 6.43. The average molecular weight is 408 g/mol. The van der Waals surface area contributed by atoms with Crippen molar-refractivity contribution in [3.05, 3.63) is 56.3 Å². The molecule has 2 fully saturated rings. The third-order valence-electron chi connectivity index (χ3n) is 5.75. The first-order valence-corrected chi connectivity index (χ1v) is 10.6. The summed E-state index contributed by atoms with van der Waals surface area (Å²) in [6, 6.07) is 6.57. The largest absolute Gasteiger partial charge is 0.474 e. The minimum absolute atomic E-state index is 0.190. The molecule has 3 aromatic rings. The summed E-state index contributed by atoms with van der Waals surface area (Å²) >= 11 is 0. The molecule has 1 saturated carbocycles. The summed E-state index contributed by atoms with van der Waals surface area (Å²) in [5.74, 6) is 1.63. The fourth-order valence-electron chi connectivity index (χ4n) is 4.18. The van der Waals surface area contributed by atoms with E-state index in [9.17, 15) is 0 Å². The van der Waals surface area contributed by atoms with Gasteiger partial charge in [-0.25, -0.2) is 4.98 Å². The van der Waals surface area contributed by atoms with Crippen molar-refractivity contribution in [2.24, 2.45) is 0 Å². The number of ether oxygens (including phenoxy) is 2. The molecule has 0 unspecified atom stereocenters. The number of hydrogen-bond acceptors (Lipinski definition) is 6. The van der Waals surface area contributed by atoms with Crippen LogP contribution in [0.5, 0.6) is 5.88 Å². The number of fused-ring (bicyclic) bond motifs is 1. The van der Waals surface area contributed by atoms with Gasteiger partial charge in [-0.05, 0) is 37.8 Å². The van der Waals surface area contributed by atoms with E-state index in [1.807, 2.05) is 30.9 Å². The van der Waals surface area contributed by atoms with Crippen LogP contribution in [0.25, 0.3) is 10.9 Å². The summed E-state index contributed by atoms with van der Waals surface area (Å²) in [6.45, 7) is 9.16. The molecule has 0 N–H and O–H groups in total. The first-order valence-electron chi connectivity index (χ1n) is 10.6. The van der Waals surface area contributed by atoms with Crippen molar-refractivity contribution in [1.82, 2.24) is 19.5 Å². The van der Waals surface area contributed by atoms with Crippen LogP contribution in [0.3, 0.4) is 0 Å². The van der Waals surface area contributed by atoms with Gasteiger partial charge in [0.25, 0.3) is 0 Å². The monoisotopic (exact) mass is 407 g/mol. The number of hydrogen-bond donors (Lipinski definition) is 0. The van der Waals surface area contributed by atoms with Gasteiger partial charge in [-0.3, -0.25) is 4.98 Å². The fourth-order valence-corrected chi connectivity index (χ4v) is 4.18. The van der Waals surface area contributed by atoms with Gasteiger partial charge in [0.1, 0.15) is 11.9 Å². The predicted octanol–water partition coefficient (Wildman–Crippen LogP) is 4.03. The summed E-state index contributed by atoms with van der Waals surface area (Å²) in [5, 5.41) is 0.983. The summed E-state index contributed by atoms with van der Waals surface area (Å²) in [4.78, 5) is 15.9. The molecule has 1 aliphatic carbocycles. The summed E-state index contributed by atoms with van der Waals surface area (Å²) in [6.07, 6.45) is 12.1. The Labute approximate surface area is 177 Å². The van der Waals surface area contributed by atoms with Crippen LogP contribution in [-0.4, -0.2) is 51.9 Å². The second-order valence-corrected chi connectivity index (χ2v) is 7.51. The van der Waals surface area contributed by atoms with E-state index < -0.39 is 0 Å². The maximum Gasteiger partial charge on any atom is 0.225 e. The number of anilines is 1. The van der Waals surface area contributed by atoms with Crippen LogP contribution in [-0.2, 0) is 4.74 Å². The molecule has 4 heterocycles. The molecule has 30 heavy (non-hydrogen) atoms. The number of imidazole rings is 1. The molecule has 0 aromatic carbocycles. The van der Waals surface area contributed by atoms with E-state index in [-0.39, 0.29) is 6.10 Å². The van der Waals surface area contributed by atoms with Crippen molar-refractivity contribution in [2.45, 2.75) is 37.8 Å². The third-order valence-corrected chi connectivity index (χ3v) is 5.75. The molecule has 2 aliphatic rings.